The fourth-order valence-corrected chi connectivity index (χ4v) is 4.36. The van der Waals surface area contributed by atoms with Crippen molar-refractivity contribution in [1.82, 2.24) is 9.88 Å². The van der Waals surface area contributed by atoms with E-state index in [2.05, 4.69) is 9.88 Å². The molecule has 0 saturated carbocycles. The van der Waals surface area contributed by atoms with E-state index in [-0.39, 0.29) is 23.5 Å². The minimum absolute atomic E-state index is 0.0608. The molecule has 1 atom stereocenters. The van der Waals surface area contributed by atoms with Crippen molar-refractivity contribution >= 4 is 15.7 Å². The van der Waals surface area contributed by atoms with Crippen molar-refractivity contribution in [3.8, 4) is 0 Å². The highest BCUT2D eigenvalue weighted by atomic mass is 32.2. The molecule has 1 amide bonds. The Kier molecular flexibility index (Phi) is 3.71. The second-order valence-corrected chi connectivity index (χ2v) is 7.33. The molecule has 0 aromatic carbocycles. The van der Waals surface area contributed by atoms with Gasteiger partial charge in [-0.05, 0) is 33.3 Å². The van der Waals surface area contributed by atoms with Crippen LogP contribution >= 0.6 is 0 Å². The van der Waals surface area contributed by atoms with Crippen LogP contribution in [0.25, 0.3) is 0 Å². The summed E-state index contributed by atoms with van der Waals surface area (Å²) in [6.07, 6.45) is 0.514. The molecule has 1 N–H and O–H groups in total. The number of aryl methyl sites for hydroxylation is 1. The predicted molar refractivity (Wildman–Crippen MR) is 74.1 cm³/mol. The topological polar surface area (TPSA) is 68.2 Å². The molecule has 1 aromatic rings. The maximum absolute atomic E-state index is 12.2. The highest BCUT2D eigenvalue weighted by molar-refractivity contribution is 7.91. The molecule has 2 heterocycles. The molecule has 1 saturated heterocycles. The summed E-state index contributed by atoms with van der Waals surface area (Å²) in [5.74, 6) is 0.0619. The molecule has 1 aliphatic rings. The second kappa shape index (κ2) is 5.00. The molecule has 1 aromatic heterocycles. The number of nitrogens with one attached hydrogen (secondary N) is 1. The molecule has 0 aliphatic carbocycles. The summed E-state index contributed by atoms with van der Waals surface area (Å²) in [5, 5.41) is 2.82. The molecule has 1 aliphatic heterocycles. The average Bonchev–Trinajstić information content (AvgIpc) is 2.79. The zero-order valence-electron chi connectivity index (χ0n) is 11.6. The van der Waals surface area contributed by atoms with Crippen LogP contribution in [0.3, 0.4) is 0 Å². The van der Waals surface area contributed by atoms with Crippen LogP contribution in [-0.4, -0.2) is 36.4 Å². The molecule has 2 rings (SSSR count). The fourth-order valence-electron chi connectivity index (χ4n) is 2.69. The van der Waals surface area contributed by atoms with Crippen LogP contribution in [-0.2, 0) is 16.4 Å². The third-order valence-corrected chi connectivity index (χ3v) is 5.47. The Morgan fingerprint density at radius 1 is 1.47 bits per heavy atom. The van der Waals surface area contributed by atoms with Crippen LogP contribution in [0.5, 0.6) is 0 Å². The van der Waals surface area contributed by atoms with Crippen molar-refractivity contribution in [1.29, 1.82) is 0 Å². The van der Waals surface area contributed by atoms with Gasteiger partial charge in [-0.2, -0.15) is 0 Å². The zero-order chi connectivity index (χ0) is 14.2. The van der Waals surface area contributed by atoms with E-state index in [1.165, 1.54) is 0 Å². The van der Waals surface area contributed by atoms with E-state index >= 15 is 0 Å². The highest BCUT2D eigenvalue weighted by Crippen LogP contribution is 2.17. The zero-order valence-corrected chi connectivity index (χ0v) is 12.4. The molecule has 0 bridgehead atoms. The first-order chi connectivity index (χ1) is 8.84. The van der Waals surface area contributed by atoms with Crippen molar-refractivity contribution in [2.45, 2.75) is 39.8 Å². The number of nitrogens with zero attached hydrogens (tertiary/aromatic N) is 1. The molecule has 0 spiro atoms. The van der Waals surface area contributed by atoms with E-state index < -0.39 is 9.84 Å². The molecule has 0 radical (unpaired) electrons. The Hall–Kier alpha value is -1.30. The van der Waals surface area contributed by atoms with Gasteiger partial charge in [0.2, 0.25) is 0 Å². The summed E-state index contributed by atoms with van der Waals surface area (Å²) in [4.78, 5) is 12.2. The van der Waals surface area contributed by atoms with Crippen molar-refractivity contribution in [3.05, 3.63) is 23.0 Å². The van der Waals surface area contributed by atoms with Gasteiger partial charge in [-0.25, -0.2) is 8.42 Å². The molecule has 19 heavy (non-hydrogen) atoms. The number of hydrogen-bond donors (Lipinski definition) is 1. The van der Waals surface area contributed by atoms with Gasteiger partial charge in [0.1, 0.15) is 0 Å². The van der Waals surface area contributed by atoms with Crippen LogP contribution in [0, 0.1) is 13.8 Å². The van der Waals surface area contributed by atoms with E-state index in [1.54, 1.807) is 0 Å². The maximum atomic E-state index is 12.2. The monoisotopic (exact) mass is 284 g/mol. The van der Waals surface area contributed by atoms with Crippen LogP contribution in [0.15, 0.2) is 6.07 Å². The number of amides is 1. The number of carbonyl (C=O) groups is 1. The molecule has 106 valence electrons. The smallest absolute Gasteiger partial charge is 0.253 e. The lowest BCUT2D eigenvalue weighted by Crippen LogP contribution is -2.35. The third kappa shape index (κ3) is 2.83. The van der Waals surface area contributed by atoms with E-state index in [0.717, 1.165) is 17.9 Å². The van der Waals surface area contributed by atoms with Gasteiger partial charge in [0.05, 0.1) is 17.1 Å². The Bertz CT molecular complexity index is 602. The molecular weight excluding hydrogens is 264 g/mol. The van der Waals surface area contributed by atoms with Crippen molar-refractivity contribution in [2.24, 2.45) is 0 Å². The van der Waals surface area contributed by atoms with Gasteiger partial charge in [-0.15, -0.1) is 0 Å². The molecule has 0 unspecified atom stereocenters. The van der Waals surface area contributed by atoms with Gasteiger partial charge in [0, 0.05) is 24.0 Å². The first-order valence-corrected chi connectivity index (χ1v) is 8.34. The summed E-state index contributed by atoms with van der Waals surface area (Å²) in [6, 6.07) is 1.61. The van der Waals surface area contributed by atoms with E-state index in [1.807, 2.05) is 26.8 Å². The second-order valence-electron chi connectivity index (χ2n) is 5.10. The number of carbonyl (C=O) groups excluding carboxylic acids is 1. The van der Waals surface area contributed by atoms with Crippen molar-refractivity contribution < 1.29 is 13.2 Å². The van der Waals surface area contributed by atoms with Crippen molar-refractivity contribution in [3.63, 3.8) is 0 Å². The molecular formula is C13H20N2O3S. The van der Waals surface area contributed by atoms with Crippen molar-refractivity contribution in [2.75, 3.05) is 11.5 Å². The Morgan fingerprint density at radius 2 is 2.16 bits per heavy atom. The van der Waals surface area contributed by atoms with Gasteiger partial charge in [0.25, 0.3) is 5.91 Å². The lowest BCUT2D eigenvalue weighted by Gasteiger charge is -2.11. The van der Waals surface area contributed by atoms with Gasteiger partial charge >= 0.3 is 0 Å². The Balaban J connectivity index is 2.13. The molecule has 6 heteroatoms. The standard InChI is InChI=1S/C13H20N2O3S/c1-4-15-9(2)7-12(10(15)3)13(16)14-11-5-6-19(17,18)8-11/h7,11H,4-6,8H2,1-3H3,(H,14,16)/t11-/m1/s1. The summed E-state index contributed by atoms with van der Waals surface area (Å²) in [6.45, 7) is 6.73. The van der Waals surface area contributed by atoms with E-state index in [0.29, 0.717) is 12.0 Å². The Labute approximate surface area is 113 Å². The van der Waals surface area contributed by atoms with Crippen LogP contribution in [0.4, 0.5) is 0 Å². The summed E-state index contributed by atoms with van der Waals surface area (Å²) < 4.78 is 24.8. The molecule has 1 fully saturated rings. The highest BCUT2D eigenvalue weighted by Gasteiger charge is 2.29. The van der Waals surface area contributed by atoms with Crippen LogP contribution in [0.2, 0.25) is 0 Å². The SMILES string of the molecule is CCn1c(C)cc(C(=O)N[C@@H]2CCS(=O)(=O)C2)c1C. The quantitative estimate of drug-likeness (QED) is 0.902. The number of hydrogen-bond acceptors (Lipinski definition) is 3. The minimum Gasteiger partial charge on any atom is -0.349 e. The summed E-state index contributed by atoms with van der Waals surface area (Å²) >= 11 is 0. The van der Waals surface area contributed by atoms with Gasteiger partial charge in [-0.3, -0.25) is 4.79 Å². The van der Waals surface area contributed by atoms with E-state index in [9.17, 15) is 13.2 Å². The first kappa shape index (κ1) is 14.1. The van der Waals surface area contributed by atoms with Gasteiger partial charge in [-0.1, -0.05) is 0 Å². The summed E-state index contributed by atoms with van der Waals surface area (Å²) in [7, 11) is -2.96. The van der Waals surface area contributed by atoms with Crippen LogP contribution in [0.1, 0.15) is 35.1 Å². The Morgan fingerprint density at radius 3 is 2.63 bits per heavy atom. The average molecular weight is 284 g/mol. The normalized spacial score (nSPS) is 21.5. The van der Waals surface area contributed by atoms with E-state index in [4.69, 9.17) is 0 Å². The number of aromatic nitrogens is 1. The van der Waals surface area contributed by atoms with Gasteiger partial charge in [0.15, 0.2) is 9.84 Å². The molecule has 5 nitrogen and oxygen atoms in total. The minimum atomic E-state index is -2.96. The summed E-state index contributed by atoms with van der Waals surface area (Å²) in [5.41, 5.74) is 2.62. The third-order valence-electron chi connectivity index (χ3n) is 3.70. The lowest BCUT2D eigenvalue weighted by atomic mass is 10.2. The van der Waals surface area contributed by atoms with Crippen LogP contribution < -0.4 is 5.32 Å². The predicted octanol–water partition coefficient (Wildman–Crippen LogP) is 1.04. The fraction of sp³-hybridized carbons (Fsp3) is 0.615. The first-order valence-electron chi connectivity index (χ1n) is 6.52. The maximum Gasteiger partial charge on any atom is 0.253 e. The largest absolute Gasteiger partial charge is 0.349 e. The van der Waals surface area contributed by atoms with Gasteiger partial charge < -0.3 is 9.88 Å². The lowest BCUT2D eigenvalue weighted by molar-refractivity contribution is 0.0940. The number of sulfone groups is 1. The number of rotatable bonds is 3.